The summed E-state index contributed by atoms with van der Waals surface area (Å²) in [6.45, 7) is 1.79. The molecule has 0 aliphatic rings. The van der Waals surface area contributed by atoms with Gasteiger partial charge in [0, 0.05) is 11.8 Å². The molecule has 3 rings (SSSR count). The molecule has 1 heterocycles. The molecule has 0 unspecified atom stereocenters. The SMILES string of the molecule is Cc1ccc(S(=O)(=O)c2c(F)ccc(-c3ccccn3)c2F)cc1. The highest BCUT2D eigenvalue weighted by Gasteiger charge is 2.28. The van der Waals surface area contributed by atoms with Gasteiger partial charge < -0.3 is 0 Å². The number of hydrogen-bond acceptors (Lipinski definition) is 3. The maximum atomic E-state index is 14.8. The Labute approximate surface area is 138 Å². The molecule has 0 saturated carbocycles. The van der Waals surface area contributed by atoms with Crippen LogP contribution < -0.4 is 0 Å². The standard InChI is InChI=1S/C18H13F2NO2S/c1-12-5-7-13(8-6-12)24(22,23)18-15(19)10-9-14(17(18)20)16-4-2-3-11-21-16/h2-11H,1H3. The number of aryl methyl sites for hydroxylation is 1. The third kappa shape index (κ3) is 2.80. The Bertz CT molecular complexity index is 986. The van der Waals surface area contributed by atoms with Crippen LogP contribution in [0.1, 0.15) is 5.56 Å². The van der Waals surface area contributed by atoms with E-state index in [2.05, 4.69) is 4.98 Å². The first-order chi connectivity index (χ1) is 11.4. The number of pyridine rings is 1. The summed E-state index contributed by atoms with van der Waals surface area (Å²) in [7, 11) is -4.33. The predicted octanol–water partition coefficient (Wildman–Crippen LogP) is 4.17. The van der Waals surface area contributed by atoms with E-state index < -0.39 is 26.4 Å². The summed E-state index contributed by atoms with van der Waals surface area (Å²) in [5.74, 6) is -2.28. The zero-order valence-electron chi connectivity index (χ0n) is 12.7. The van der Waals surface area contributed by atoms with E-state index in [4.69, 9.17) is 0 Å². The summed E-state index contributed by atoms with van der Waals surface area (Å²) < 4.78 is 54.3. The van der Waals surface area contributed by atoms with E-state index in [0.717, 1.165) is 11.6 Å². The van der Waals surface area contributed by atoms with Gasteiger partial charge in [-0.15, -0.1) is 0 Å². The smallest absolute Gasteiger partial charge is 0.212 e. The van der Waals surface area contributed by atoms with Crippen LogP contribution in [0.3, 0.4) is 0 Å². The molecule has 6 heteroatoms. The number of sulfone groups is 1. The van der Waals surface area contributed by atoms with Gasteiger partial charge in [0.05, 0.1) is 10.6 Å². The highest BCUT2D eigenvalue weighted by atomic mass is 32.2. The first kappa shape index (κ1) is 16.3. The molecule has 1 aromatic heterocycles. The highest BCUT2D eigenvalue weighted by Crippen LogP contribution is 2.31. The topological polar surface area (TPSA) is 47.0 Å². The quantitative estimate of drug-likeness (QED) is 0.716. The third-order valence-electron chi connectivity index (χ3n) is 3.59. The number of hydrogen-bond donors (Lipinski definition) is 0. The summed E-state index contributed by atoms with van der Waals surface area (Å²) in [4.78, 5) is 2.86. The normalized spacial score (nSPS) is 11.5. The van der Waals surface area contributed by atoms with Crippen molar-refractivity contribution in [3.05, 3.63) is 78.0 Å². The van der Waals surface area contributed by atoms with Crippen LogP contribution in [-0.4, -0.2) is 13.4 Å². The molecule has 3 nitrogen and oxygen atoms in total. The molecule has 0 fully saturated rings. The first-order valence-electron chi connectivity index (χ1n) is 7.12. The van der Waals surface area contributed by atoms with Gasteiger partial charge in [-0.2, -0.15) is 0 Å². The van der Waals surface area contributed by atoms with E-state index >= 15 is 0 Å². The average Bonchev–Trinajstić information content (AvgIpc) is 2.56. The van der Waals surface area contributed by atoms with Crippen LogP contribution in [0.5, 0.6) is 0 Å². The number of rotatable bonds is 3. The fraction of sp³-hybridized carbons (Fsp3) is 0.0556. The molecule has 0 atom stereocenters. The molecular weight excluding hydrogens is 332 g/mol. The summed E-state index contributed by atoms with van der Waals surface area (Å²) in [6, 6.07) is 12.7. The lowest BCUT2D eigenvalue weighted by atomic mass is 10.1. The van der Waals surface area contributed by atoms with Gasteiger partial charge >= 0.3 is 0 Å². The molecule has 0 N–H and O–H groups in total. The summed E-state index contributed by atoms with van der Waals surface area (Å²) >= 11 is 0. The molecule has 24 heavy (non-hydrogen) atoms. The van der Waals surface area contributed by atoms with Crippen molar-refractivity contribution in [2.24, 2.45) is 0 Å². The van der Waals surface area contributed by atoms with Crippen molar-refractivity contribution in [3.8, 4) is 11.3 Å². The molecule has 2 aromatic carbocycles. The highest BCUT2D eigenvalue weighted by molar-refractivity contribution is 7.91. The summed E-state index contributed by atoms with van der Waals surface area (Å²) in [5, 5.41) is 0. The largest absolute Gasteiger partial charge is 0.256 e. The third-order valence-corrected chi connectivity index (χ3v) is 5.39. The van der Waals surface area contributed by atoms with Gasteiger partial charge in [0.2, 0.25) is 9.84 Å². The zero-order chi connectivity index (χ0) is 17.3. The fourth-order valence-corrected chi connectivity index (χ4v) is 3.73. The monoisotopic (exact) mass is 345 g/mol. The van der Waals surface area contributed by atoms with E-state index in [1.807, 2.05) is 0 Å². The van der Waals surface area contributed by atoms with Crippen molar-refractivity contribution in [1.82, 2.24) is 4.98 Å². The van der Waals surface area contributed by atoms with Gasteiger partial charge in [0.15, 0.2) is 5.82 Å². The van der Waals surface area contributed by atoms with Crippen LogP contribution in [0.15, 0.2) is 70.6 Å². The first-order valence-corrected chi connectivity index (χ1v) is 8.61. The molecule has 0 radical (unpaired) electrons. The van der Waals surface area contributed by atoms with Crippen molar-refractivity contribution >= 4 is 9.84 Å². The number of halogens is 2. The van der Waals surface area contributed by atoms with Gasteiger partial charge in [0.25, 0.3) is 0 Å². The van der Waals surface area contributed by atoms with Gasteiger partial charge in [-0.05, 0) is 43.3 Å². The van der Waals surface area contributed by atoms with Crippen molar-refractivity contribution in [3.63, 3.8) is 0 Å². The van der Waals surface area contributed by atoms with Crippen molar-refractivity contribution in [2.75, 3.05) is 0 Å². The minimum Gasteiger partial charge on any atom is -0.256 e. The van der Waals surface area contributed by atoms with E-state index in [9.17, 15) is 17.2 Å². The maximum absolute atomic E-state index is 14.8. The summed E-state index contributed by atoms with van der Waals surface area (Å²) in [5.41, 5.74) is 1.01. The Morgan fingerprint density at radius 1 is 0.917 bits per heavy atom. The number of aromatic nitrogens is 1. The summed E-state index contributed by atoms with van der Waals surface area (Å²) in [6.07, 6.45) is 1.45. The van der Waals surface area contributed by atoms with Gasteiger partial charge in [-0.25, -0.2) is 17.2 Å². The molecule has 0 aliphatic heterocycles. The van der Waals surface area contributed by atoms with Crippen LogP contribution in [0.25, 0.3) is 11.3 Å². The van der Waals surface area contributed by atoms with Crippen LogP contribution >= 0.6 is 0 Å². The lowest BCUT2D eigenvalue weighted by Gasteiger charge is -2.11. The molecule has 0 saturated heterocycles. The van der Waals surface area contributed by atoms with Crippen LogP contribution in [0, 0.1) is 18.6 Å². The van der Waals surface area contributed by atoms with Crippen LogP contribution in [-0.2, 0) is 9.84 Å². The molecule has 0 amide bonds. The average molecular weight is 345 g/mol. The van der Waals surface area contributed by atoms with Crippen LogP contribution in [0.4, 0.5) is 8.78 Å². The lowest BCUT2D eigenvalue weighted by Crippen LogP contribution is -2.09. The molecular formula is C18H13F2NO2S. The Morgan fingerprint density at radius 3 is 2.25 bits per heavy atom. The van der Waals surface area contributed by atoms with Crippen LogP contribution in [0.2, 0.25) is 0 Å². The lowest BCUT2D eigenvalue weighted by molar-refractivity contribution is 0.521. The maximum Gasteiger partial charge on any atom is 0.212 e. The Morgan fingerprint density at radius 2 is 1.62 bits per heavy atom. The second kappa shape index (κ2) is 6.13. The van der Waals surface area contributed by atoms with Crippen molar-refractivity contribution < 1.29 is 17.2 Å². The fourth-order valence-electron chi connectivity index (χ4n) is 2.33. The van der Waals surface area contributed by atoms with Gasteiger partial charge in [0.1, 0.15) is 10.7 Å². The van der Waals surface area contributed by atoms with E-state index in [1.165, 1.54) is 30.5 Å². The minimum atomic E-state index is -4.33. The molecule has 0 aliphatic carbocycles. The van der Waals surface area contributed by atoms with E-state index in [1.54, 1.807) is 31.2 Å². The van der Waals surface area contributed by atoms with Gasteiger partial charge in [-0.1, -0.05) is 23.8 Å². The van der Waals surface area contributed by atoms with Gasteiger partial charge in [-0.3, -0.25) is 4.98 Å². The Balaban J connectivity index is 2.23. The van der Waals surface area contributed by atoms with Crippen molar-refractivity contribution in [1.29, 1.82) is 0 Å². The Hall–Kier alpha value is -2.60. The number of benzene rings is 2. The van der Waals surface area contributed by atoms with E-state index in [-0.39, 0.29) is 16.2 Å². The molecule has 0 spiro atoms. The predicted molar refractivity (Wildman–Crippen MR) is 86.2 cm³/mol. The van der Waals surface area contributed by atoms with E-state index in [0.29, 0.717) is 0 Å². The second-order valence-corrected chi connectivity index (χ2v) is 7.16. The van der Waals surface area contributed by atoms with Crippen molar-refractivity contribution in [2.45, 2.75) is 16.7 Å². The Kier molecular flexibility index (Phi) is 4.15. The number of nitrogens with zero attached hydrogens (tertiary/aromatic N) is 1. The zero-order valence-corrected chi connectivity index (χ0v) is 13.5. The molecule has 0 bridgehead atoms. The second-order valence-electron chi connectivity index (χ2n) is 5.27. The molecule has 3 aromatic rings. The molecule has 122 valence electrons. The minimum absolute atomic E-state index is 0.0670.